The van der Waals surface area contributed by atoms with Crippen LogP contribution < -0.4 is 5.32 Å². The van der Waals surface area contributed by atoms with Crippen molar-refractivity contribution in [1.29, 1.82) is 10.8 Å². The molecule has 0 saturated carbocycles. The fourth-order valence-electron chi connectivity index (χ4n) is 2.59. The van der Waals surface area contributed by atoms with Crippen molar-refractivity contribution < 1.29 is 0 Å². The van der Waals surface area contributed by atoms with Crippen LogP contribution in [-0.4, -0.2) is 23.1 Å². The van der Waals surface area contributed by atoms with Gasteiger partial charge in [-0.15, -0.1) is 0 Å². The van der Waals surface area contributed by atoms with E-state index in [0.717, 1.165) is 5.56 Å². The molecule has 0 aliphatic heterocycles. The lowest BCUT2D eigenvalue weighted by atomic mass is 9.82. The minimum absolute atomic E-state index is 0.0810. The van der Waals surface area contributed by atoms with Crippen LogP contribution in [0.2, 0.25) is 0 Å². The Bertz CT molecular complexity index is 745. The number of aromatic nitrogens is 1. The van der Waals surface area contributed by atoms with E-state index in [1.807, 2.05) is 18.2 Å². The quantitative estimate of drug-likeness (QED) is 0.558. The fourth-order valence-corrected chi connectivity index (χ4v) is 2.59. The first kappa shape index (κ1) is 17.6. The summed E-state index contributed by atoms with van der Waals surface area (Å²) in [6.07, 6.45) is 6.55. The van der Waals surface area contributed by atoms with E-state index in [1.54, 1.807) is 30.6 Å². The third-order valence-corrected chi connectivity index (χ3v) is 3.98. The Morgan fingerprint density at radius 2 is 1.88 bits per heavy atom. The first-order valence-corrected chi connectivity index (χ1v) is 7.96. The highest BCUT2D eigenvalue weighted by atomic mass is 14.9. The Balaban J connectivity index is 1.94. The van der Waals surface area contributed by atoms with Crippen LogP contribution in [0.25, 0.3) is 0 Å². The number of amidine groups is 1. The average molecular weight is 320 g/mol. The minimum atomic E-state index is -0.0810. The lowest BCUT2D eigenvalue weighted by molar-refractivity contribution is 0.510. The molecule has 0 unspecified atom stereocenters. The van der Waals surface area contributed by atoms with Gasteiger partial charge in [0.05, 0.1) is 5.71 Å². The van der Waals surface area contributed by atoms with Gasteiger partial charge in [-0.1, -0.05) is 38.1 Å². The number of benzene rings is 1. The molecule has 0 bridgehead atoms. The highest BCUT2D eigenvalue weighted by molar-refractivity contribution is 6.09. The van der Waals surface area contributed by atoms with Crippen LogP contribution in [0, 0.1) is 17.7 Å². The van der Waals surface area contributed by atoms with Gasteiger partial charge in [-0.2, -0.15) is 0 Å². The average Bonchev–Trinajstić information content (AvgIpc) is 2.59. The van der Waals surface area contributed by atoms with Gasteiger partial charge in [-0.25, -0.2) is 0 Å². The smallest absolute Gasteiger partial charge is 0.118 e. The number of nitrogens with zero attached hydrogens (tertiary/aromatic N) is 1. The molecule has 1 heterocycles. The zero-order valence-electron chi connectivity index (χ0n) is 14.4. The van der Waals surface area contributed by atoms with Crippen molar-refractivity contribution >= 4 is 11.5 Å². The molecule has 4 nitrogen and oxygen atoms in total. The molecular weight excluding hydrogens is 296 g/mol. The molecule has 3 N–H and O–H groups in total. The lowest BCUT2D eigenvalue weighted by Gasteiger charge is -2.27. The Hall–Kier alpha value is -2.75. The summed E-state index contributed by atoms with van der Waals surface area (Å²) in [5.74, 6) is 0.297. The van der Waals surface area contributed by atoms with Crippen LogP contribution in [0.3, 0.4) is 0 Å². The molecule has 4 heteroatoms. The van der Waals surface area contributed by atoms with Gasteiger partial charge in [0.1, 0.15) is 5.84 Å². The summed E-state index contributed by atoms with van der Waals surface area (Å²) in [5.41, 5.74) is 3.53. The summed E-state index contributed by atoms with van der Waals surface area (Å²) in [6.45, 7) is 7.09. The van der Waals surface area contributed by atoms with Crippen LogP contribution in [0.4, 0.5) is 0 Å². The third-order valence-electron chi connectivity index (χ3n) is 3.98. The second kappa shape index (κ2) is 7.68. The van der Waals surface area contributed by atoms with E-state index in [9.17, 15) is 0 Å². The van der Waals surface area contributed by atoms with Crippen molar-refractivity contribution in [2.24, 2.45) is 0 Å². The van der Waals surface area contributed by atoms with Crippen LogP contribution in [0.1, 0.15) is 30.5 Å². The first-order chi connectivity index (χ1) is 11.4. The van der Waals surface area contributed by atoms with E-state index in [-0.39, 0.29) is 5.41 Å². The molecule has 0 radical (unpaired) electrons. The van der Waals surface area contributed by atoms with Gasteiger partial charge in [-0.05, 0) is 42.3 Å². The van der Waals surface area contributed by atoms with Crippen LogP contribution in [-0.2, 0) is 5.41 Å². The minimum Gasteiger partial charge on any atom is -0.370 e. The lowest BCUT2D eigenvalue weighted by Crippen LogP contribution is -2.36. The Morgan fingerprint density at radius 1 is 1.12 bits per heavy atom. The van der Waals surface area contributed by atoms with E-state index in [4.69, 9.17) is 10.8 Å². The molecule has 0 fully saturated rings. The first-order valence-electron chi connectivity index (χ1n) is 7.96. The summed E-state index contributed by atoms with van der Waals surface area (Å²) >= 11 is 0. The van der Waals surface area contributed by atoms with Crippen molar-refractivity contribution in [3.05, 3.63) is 77.6 Å². The number of hydrogen-bond acceptors (Lipinski definition) is 3. The Morgan fingerprint density at radius 3 is 2.54 bits per heavy atom. The van der Waals surface area contributed by atoms with Gasteiger partial charge in [0.25, 0.3) is 0 Å². The van der Waals surface area contributed by atoms with Crippen molar-refractivity contribution in [2.45, 2.75) is 26.2 Å². The highest BCUT2D eigenvalue weighted by Crippen LogP contribution is 2.25. The number of pyridine rings is 1. The molecule has 0 atom stereocenters. The summed E-state index contributed by atoms with van der Waals surface area (Å²) in [5, 5.41) is 19.2. The maximum Gasteiger partial charge on any atom is 0.118 e. The molecule has 2 aromatic rings. The summed E-state index contributed by atoms with van der Waals surface area (Å²) < 4.78 is 0. The Labute approximate surface area is 143 Å². The molecule has 0 spiro atoms. The van der Waals surface area contributed by atoms with E-state index in [1.165, 1.54) is 11.1 Å². The van der Waals surface area contributed by atoms with Gasteiger partial charge in [0.15, 0.2) is 0 Å². The molecule has 1 aromatic carbocycles. The fraction of sp³-hybridized carbons (Fsp3) is 0.250. The zero-order valence-corrected chi connectivity index (χ0v) is 14.4. The standard InChI is InChI=1S/C20H24N4/c1-15-7-4-5-9-17(15)20(2,3)14-24-19(22)11-10-18(21)16-8-6-12-23-13-16/h4-13,21H,14H2,1-3H3,(H2,22,24)/b11-10-,21-18?. The van der Waals surface area contributed by atoms with E-state index >= 15 is 0 Å². The van der Waals surface area contributed by atoms with Gasteiger partial charge in [0.2, 0.25) is 0 Å². The van der Waals surface area contributed by atoms with Crippen LogP contribution >= 0.6 is 0 Å². The SMILES string of the molecule is Cc1ccccc1C(C)(C)CNC(=N)/C=C\C(=N)c1cccnc1. The topological polar surface area (TPSA) is 72.6 Å². The van der Waals surface area contributed by atoms with Gasteiger partial charge >= 0.3 is 0 Å². The Kier molecular flexibility index (Phi) is 5.64. The highest BCUT2D eigenvalue weighted by Gasteiger charge is 2.22. The zero-order chi connectivity index (χ0) is 17.6. The van der Waals surface area contributed by atoms with Gasteiger partial charge < -0.3 is 10.7 Å². The molecule has 1 aromatic heterocycles. The van der Waals surface area contributed by atoms with Crippen molar-refractivity contribution in [3.8, 4) is 0 Å². The van der Waals surface area contributed by atoms with Gasteiger partial charge in [0, 0.05) is 29.9 Å². The summed E-state index contributed by atoms with van der Waals surface area (Å²) in [6, 6.07) is 12.0. The maximum absolute atomic E-state index is 8.03. The second-order valence-corrected chi connectivity index (χ2v) is 6.45. The predicted molar refractivity (Wildman–Crippen MR) is 100 cm³/mol. The summed E-state index contributed by atoms with van der Waals surface area (Å²) in [7, 11) is 0. The van der Waals surface area contributed by atoms with Gasteiger partial charge in [-0.3, -0.25) is 10.4 Å². The van der Waals surface area contributed by atoms with Crippen molar-refractivity contribution in [1.82, 2.24) is 10.3 Å². The van der Waals surface area contributed by atoms with Crippen LogP contribution in [0.5, 0.6) is 0 Å². The molecule has 0 saturated heterocycles. The normalized spacial score (nSPS) is 11.5. The number of rotatable bonds is 6. The molecule has 124 valence electrons. The number of nitrogens with one attached hydrogen (secondary N) is 3. The molecule has 0 aliphatic carbocycles. The summed E-state index contributed by atoms with van der Waals surface area (Å²) in [4.78, 5) is 4.00. The number of allylic oxidation sites excluding steroid dienone is 1. The molecule has 0 aliphatic rings. The van der Waals surface area contributed by atoms with E-state index in [2.05, 4.69) is 43.2 Å². The number of aryl methyl sites for hydroxylation is 1. The molecular formula is C20H24N4. The van der Waals surface area contributed by atoms with E-state index in [0.29, 0.717) is 18.1 Å². The predicted octanol–water partition coefficient (Wildman–Crippen LogP) is 3.86. The molecule has 2 rings (SSSR count). The molecule has 24 heavy (non-hydrogen) atoms. The molecule has 0 amide bonds. The monoisotopic (exact) mass is 320 g/mol. The number of hydrogen-bond donors (Lipinski definition) is 3. The van der Waals surface area contributed by atoms with Crippen molar-refractivity contribution in [2.75, 3.05) is 6.54 Å². The van der Waals surface area contributed by atoms with Crippen LogP contribution in [0.15, 0.2) is 60.9 Å². The second-order valence-electron chi connectivity index (χ2n) is 6.45. The largest absolute Gasteiger partial charge is 0.370 e. The third kappa shape index (κ3) is 4.62. The van der Waals surface area contributed by atoms with E-state index < -0.39 is 0 Å². The van der Waals surface area contributed by atoms with Crippen molar-refractivity contribution in [3.63, 3.8) is 0 Å². The maximum atomic E-state index is 8.03.